The average Bonchev–Trinajstić information content (AvgIpc) is 3.33. The smallest absolute Gasteiger partial charge is 0.251 e. The first kappa shape index (κ1) is 19.7. The molecule has 0 bridgehead atoms. The summed E-state index contributed by atoms with van der Waals surface area (Å²) in [5.74, 6) is 3.02. The summed E-state index contributed by atoms with van der Waals surface area (Å²) in [6, 6.07) is 9.46. The molecule has 1 aromatic carbocycles. The highest BCUT2D eigenvalue weighted by Crippen LogP contribution is 2.39. The van der Waals surface area contributed by atoms with Crippen molar-refractivity contribution in [3.8, 4) is 0 Å². The topological polar surface area (TPSA) is 111 Å². The third-order valence-electron chi connectivity index (χ3n) is 5.15. The molecule has 1 fully saturated rings. The molecule has 3 heterocycles. The van der Waals surface area contributed by atoms with Gasteiger partial charge in [-0.2, -0.15) is 5.10 Å². The lowest BCUT2D eigenvalue weighted by molar-refractivity contribution is 0.0944. The van der Waals surface area contributed by atoms with E-state index in [1.54, 1.807) is 30.3 Å². The second-order valence-electron chi connectivity index (χ2n) is 7.51. The molecule has 1 amide bonds. The number of hydrogen-bond acceptors (Lipinski definition) is 7. The van der Waals surface area contributed by atoms with E-state index in [9.17, 15) is 4.79 Å². The highest BCUT2D eigenvalue weighted by atomic mass is 32.2. The summed E-state index contributed by atoms with van der Waals surface area (Å²) < 4.78 is 4.12. The number of amides is 1. The molecule has 0 saturated heterocycles. The number of carbonyl (C=O) groups excluding carboxylic acids is 1. The lowest BCUT2D eigenvalue weighted by Crippen LogP contribution is -2.26. The molecule has 0 spiro atoms. The number of anilines is 1. The fourth-order valence-corrected chi connectivity index (χ4v) is 4.28. The van der Waals surface area contributed by atoms with Gasteiger partial charge >= 0.3 is 0 Å². The Bertz CT molecular complexity index is 1100. The molecule has 1 saturated carbocycles. The van der Waals surface area contributed by atoms with Crippen LogP contribution in [0.2, 0.25) is 0 Å². The van der Waals surface area contributed by atoms with Crippen LogP contribution in [0.4, 0.5) is 5.82 Å². The van der Waals surface area contributed by atoms with E-state index in [4.69, 9.17) is 5.11 Å². The van der Waals surface area contributed by atoms with Crippen molar-refractivity contribution in [3.05, 3.63) is 66.0 Å². The molecule has 2 aliphatic rings. The third-order valence-corrected chi connectivity index (χ3v) is 6.10. The predicted octanol–water partition coefficient (Wildman–Crippen LogP) is 2.60. The first-order valence-corrected chi connectivity index (χ1v) is 11.0. The van der Waals surface area contributed by atoms with Crippen LogP contribution in [0, 0.1) is 0 Å². The zero-order valence-electron chi connectivity index (χ0n) is 16.8. The summed E-state index contributed by atoms with van der Waals surface area (Å²) in [5.41, 5.74) is 1.74. The number of aromatic nitrogens is 4. The van der Waals surface area contributed by atoms with Crippen molar-refractivity contribution in [1.82, 2.24) is 29.4 Å². The highest BCUT2D eigenvalue weighted by Gasteiger charge is 2.26. The Morgan fingerprint density at radius 3 is 2.90 bits per heavy atom. The van der Waals surface area contributed by atoms with Gasteiger partial charge in [0.15, 0.2) is 5.82 Å². The van der Waals surface area contributed by atoms with Gasteiger partial charge in [-0.3, -0.25) is 14.5 Å². The van der Waals surface area contributed by atoms with E-state index in [2.05, 4.69) is 36.2 Å². The SMILES string of the molecule is O=C(NCCO)c1ccc(SN2C=C(Nc3cc(C4CC4)[nH]n3)n3ccnc3C2)cc1. The minimum Gasteiger partial charge on any atom is -0.395 e. The molecular formula is C21H23N7O2S. The van der Waals surface area contributed by atoms with Crippen LogP contribution in [0.3, 0.4) is 0 Å². The first-order valence-electron chi connectivity index (χ1n) is 10.2. The molecule has 10 heteroatoms. The van der Waals surface area contributed by atoms with E-state index in [-0.39, 0.29) is 19.1 Å². The van der Waals surface area contributed by atoms with E-state index in [1.165, 1.54) is 18.5 Å². The van der Waals surface area contributed by atoms with Crippen molar-refractivity contribution in [3.63, 3.8) is 0 Å². The first-order chi connectivity index (χ1) is 15.2. The van der Waals surface area contributed by atoms with Crippen LogP contribution < -0.4 is 10.6 Å². The molecule has 5 rings (SSSR count). The van der Waals surface area contributed by atoms with Crippen LogP contribution in [-0.2, 0) is 6.54 Å². The van der Waals surface area contributed by atoms with Crippen LogP contribution in [0.25, 0.3) is 5.82 Å². The molecule has 1 aliphatic carbocycles. The number of rotatable bonds is 8. The zero-order valence-corrected chi connectivity index (χ0v) is 17.6. The number of aromatic amines is 1. The molecule has 2 aromatic heterocycles. The second kappa shape index (κ2) is 8.48. The molecular weight excluding hydrogens is 414 g/mol. The van der Waals surface area contributed by atoms with Gasteiger partial charge in [0.05, 0.1) is 19.4 Å². The third kappa shape index (κ3) is 4.44. The van der Waals surface area contributed by atoms with E-state index in [1.807, 2.05) is 29.1 Å². The molecule has 3 aromatic rings. The number of fused-ring (bicyclic) bond motifs is 1. The van der Waals surface area contributed by atoms with Crippen LogP contribution in [0.5, 0.6) is 0 Å². The van der Waals surface area contributed by atoms with E-state index >= 15 is 0 Å². The number of hydrogen-bond donors (Lipinski definition) is 4. The average molecular weight is 438 g/mol. The summed E-state index contributed by atoms with van der Waals surface area (Å²) in [5, 5.41) is 22.4. The van der Waals surface area contributed by atoms with Crippen LogP contribution >= 0.6 is 11.9 Å². The summed E-state index contributed by atoms with van der Waals surface area (Å²) in [7, 11) is 0. The minimum atomic E-state index is -0.193. The number of imidazole rings is 1. The quantitative estimate of drug-likeness (QED) is 0.401. The summed E-state index contributed by atoms with van der Waals surface area (Å²) in [6.07, 6.45) is 8.21. The largest absolute Gasteiger partial charge is 0.395 e. The van der Waals surface area contributed by atoms with Crippen molar-refractivity contribution in [2.75, 3.05) is 18.5 Å². The van der Waals surface area contributed by atoms with Crippen molar-refractivity contribution >= 4 is 29.5 Å². The number of aliphatic hydroxyl groups is 1. The molecule has 0 unspecified atom stereocenters. The molecule has 0 atom stereocenters. The highest BCUT2D eigenvalue weighted by molar-refractivity contribution is 7.97. The van der Waals surface area contributed by atoms with Crippen LogP contribution in [0.1, 0.15) is 40.6 Å². The van der Waals surface area contributed by atoms with Crippen molar-refractivity contribution in [1.29, 1.82) is 0 Å². The van der Waals surface area contributed by atoms with Gasteiger partial charge < -0.3 is 20.0 Å². The van der Waals surface area contributed by atoms with Gasteiger partial charge in [0.25, 0.3) is 5.91 Å². The van der Waals surface area contributed by atoms with E-state index in [0.29, 0.717) is 18.0 Å². The molecule has 4 N–H and O–H groups in total. The number of aliphatic hydroxyl groups excluding tert-OH is 1. The Kier molecular flexibility index (Phi) is 5.39. The Hall–Kier alpha value is -3.24. The maximum absolute atomic E-state index is 12.0. The second-order valence-corrected chi connectivity index (χ2v) is 8.63. The van der Waals surface area contributed by atoms with Gasteiger partial charge in [0.1, 0.15) is 11.6 Å². The molecule has 1 aliphatic heterocycles. The van der Waals surface area contributed by atoms with E-state index < -0.39 is 0 Å². The molecule has 0 radical (unpaired) electrons. The Morgan fingerprint density at radius 1 is 1.29 bits per heavy atom. The van der Waals surface area contributed by atoms with Crippen LogP contribution in [-0.4, -0.2) is 48.2 Å². The summed E-state index contributed by atoms with van der Waals surface area (Å²) >= 11 is 1.57. The Labute approximate surface area is 183 Å². The zero-order chi connectivity index (χ0) is 21.2. The lowest BCUT2D eigenvalue weighted by Gasteiger charge is -2.26. The number of nitrogens with zero attached hydrogens (tertiary/aromatic N) is 4. The number of carbonyl (C=O) groups is 1. The molecule has 160 valence electrons. The Morgan fingerprint density at radius 2 is 2.13 bits per heavy atom. The van der Waals surface area contributed by atoms with Gasteiger partial charge in [-0.05, 0) is 49.1 Å². The fraction of sp³-hybridized carbons (Fsp3) is 0.286. The van der Waals surface area contributed by atoms with Crippen LogP contribution in [0.15, 0.2) is 53.8 Å². The Balaban J connectivity index is 1.29. The number of benzene rings is 1. The standard InChI is InChI=1S/C21H23N7O2S/c29-10-8-23-21(30)15-3-5-16(6-4-15)31-27-12-19-22-7-9-28(19)20(13-27)24-18-11-17(25-26-18)14-1-2-14/h3-7,9,11,13-14,29H,1-2,8,10,12H2,(H,23,30)(H2,24,25,26). The van der Waals surface area contributed by atoms with Gasteiger partial charge in [0.2, 0.25) is 0 Å². The summed E-state index contributed by atoms with van der Waals surface area (Å²) in [6.45, 7) is 0.817. The van der Waals surface area contributed by atoms with Crippen molar-refractivity contribution < 1.29 is 9.90 Å². The van der Waals surface area contributed by atoms with E-state index in [0.717, 1.165) is 22.4 Å². The molecule has 31 heavy (non-hydrogen) atoms. The summed E-state index contributed by atoms with van der Waals surface area (Å²) in [4.78, 5) is 17.5. The maximum Gasteiger partial charge on any atom is 0.251 e. The van der Waals surface area contributed by atoms with Gasteiger partial charge in [-0.1, -0.05) is 0 Å². The minimum absolute atomic E-state index is 0.0761. The lowest BCUT2D eigenvalue weighted by atomic mass is 10.2. The monoisotopic (exact) mass is 437 g/mol. The maximum atomic E-state index is 12.0. The fourth-order valence-electron chi connectivity index (χ4n) is 3.41. The van der Waals surface area contributed by atoms with Gasteiger partial charge in [-0.25, -0.2) is 4.98 Å². The van der Waals surface area contributed by atoms with Gasteiger partial charge in [0, 0.05) is 47.1 Å². The van der Waals surface area contributed by atoms with Gasteiger partial charge in [-0.15, -0.1) is 0 Å². The number of nitrogens with one attached hydrogen (secondary N) is 3. The van der Waals surface area contributed by atoms with Crippen molar-refractivity contribution in [2.24, 2.45) is 0 Å². The molecule has 9 nitrogen and oxygen atoms in total. The number of H-pyrrole nitrogens is 1. The van der Waals surface area contributed by atoms with Crippen molar-refractivity contribution in [2.45, 2.75) is 30.2 Å². The normalized spacial score (nSPS) is 15.4. The predicted molar refractivity (Wildman–Crippen MR) is 118 cm³/mol.